The maximum absolute atomic E-state index is 15.0. The summed E-state index contributed by atoms with van der Waals surface area (Å²) >= 11 is 6.01. The standard InChI is InChI=1S/C27H32ClFN4O5S/c1-27(2,3)38-26(35)33-16-14-30-25(33)19-12-13-20(22(29)17-19)18-31(4)24(34)11-8-15-32(5)39(36,37)23-10-7-6-9-21(23)28/h6-13,17H,14-16,18H2,1-5H3. The van der Waals surface area contributed by atoms with Gasteiger partial charge in [-0.15, -0.1) is 0 Å². The number of ether oxygens (including phenoxy) is 1. The molecule has 0 aliphatic carbocycles. The molecule has 0 atom stereocenters. The summed E-state index contributed by atoms with van der Waals surface area (Å²) < 4.78 is 46.9. The van der Waals surface area contributed by atoms with Crippen LogP contribution in [-0.4, -0.2) is 79.7 Å². The van der Waals surface area contributed by atoms with E-state index in [1.807, 2.05) is 0 Å². The molecule has 2 aromatic carbocycles. The predicted octanol–water partition coefficient (Wildman–Crippen LogP) is 4.31. The molecule has 9 nitrogen and oxygen atoms in total. The number of hydrogen-bond donors (Lipinski definition) is 0. The van der Waals surface area contributed by atoms with Gasteiger partial charge in [-0.1, -0.05) is 41.9 Å². The van der Waals surface area contributed by atoms with E-state index in [0.717, 1.165) is 4.31 Å². The first-order valence-electron chi connectivity index (χ1n) is 12.2. The Morgan fingerprint density at radius 1 is 1.18 bits per heavy atom. The zero-order chi connectivity index (χ0) is 29.0. The lowest BCUT2D eigenvalue weighted by molar-refractivity contribution is -0.125. The summed E-state index contributed by atoms with van der Waals surface area (Å²) in [4.78, 5) is 32.1. The highest BCUT2D eigenvalue weighted by Crippen LogP contribution is 2.23. The van der Waals surface area contributed by atoms with Crippen molar-refractivity contribution in [3.8, 4) is 0 Å². The highest BCUT2D eigenvalue weighted by molar-refractivity contribution is 7.89. The number of carbonyl (C=O) groups excluding carboxylic acids is 2. The number of nitrogens with zero attached hydrogens (tertiary/aromatic N) is 4. The van der Waals surface area contributed by atoms with Crippen LogP contribution in [0.2, 0.25) is 5.02 Å². The number of likely N-dealkylation sites (N-methyl/N-ethyl adjacent to an activating group) is 2. The average Bonchev–Trinajstić information content (AvgIpc) is 3.34. The predicted molar refractivity (Wildman–Crippen MR) is 148 cm³/mol. The molecular formula is C27H32ClFN4O5S. The van der Waals surface area contributed by atoms with Gasteiger partial charge in [-0.25, -0.2) is 17.6 Å². The molecule has 12 heteroatoms. The quantitative estimate of drug-likeness (QED) is 0.435. The lowest BCUT2D eigenvalue weighted by Crippen LogP contribution is -2.39. The minimum atomic E-state index is -3.84. The first kappa shape index (κ1) is 30.3. The molecule has 39 heavy (non-hydrogen) atoms. The first-order valence-corrected chi connectivity index (χ1v) is 14.0. The largest absolute Gasteiger partial charge is 0.443 e. The molecule has 0 radical (unpaired) electrons. The number of amides is 2. The lowest BCUT2D eigenvalue weighted by atomic mass is 10.1. The number of carbonyl (C=O) groups is 2. The molecule has 210 valence electrons. The summed E-state index contributed by atoms with van der Waals surface area (Å²) in [6, 6.07) is 10.6. The Morgan fingerprint density at radius 3 is 2.51 bits per heavy atom. The topological polar surface area (TPSA) is 99.6 Å². The molecule has 0 N–H and O–H groups in total. The van der Waals surface area contributed by atoms with Gasteiger partial charge >= 0.3 is 6.09 Å². The fraction of sp³-hybridized carbons (Fsp3) is 0.370. The Hall–Kier alpha value is -3.28. The Bertz CT molecular complexity index is 1410. The Morgan fingerprint density at radius 2 is 1.87 bits per heavy atom. The summed E-state index contributed by atoms with van der Waals surface area (Å²) in [5.74, 6) is -0.656. The Kier molecular flexibility index (Phi) is 9.52. The molecule has 0 bridgehead atoms. The Labute approximate surface area is 233 Å². The first-order chi connectivity index (χ1) is 18.2. The average molecular weight is 579 g/mol. The molecule has 1 heterocycles. The van der Waals surface area contributed by atoms with Crippen LogP contribution in [0.25, 0.3) is 0 Å². The van der Waals surface area contributed by atoms with Gasteiger partial charge in [-0.2, -0.15) is 4.31 Å². The zero-order valence-corrected chi connectivity index (χ0v) is 24.1. The number of amidine groups is 1. The third kappa shape index (κ3) is 7.65. The minimum Gasteiger partial charge on any atom is -0.443 e. The van der Waals surface area contributed by atoms with Crippen molar-refractivity contribution in [3.63, 3.8) is 0 Å². The summed E-state index contributed by atoms with van der Waals surface area (Å²) in [5, 5.41) is 0.106. The summed E-state index contributed by atoms with van der Waals surface area (Å²) in [6.45, 7) is 5.93. The highest BCUT2D eigenvalue weighted by atomic mass is 35.5. The number of sulfonamides is 1. The summed E-state index contributed by atoms with van der Waals surface area (Å²) in [6.07, 6.45) is 2.10. The van der Waals surface area contributed by atoms with Crippen LogP contribution in [0.5, 0.6) is 0 Å². The van der Waals surface area contributed by atoms with Crippen molar-refractivity contribution in [1.29, 1.82) is 0 Å². The molecule has 1 aliphatic heterocycles. The van der Waals surface area contributed by atoms with Crippen LogP contribution in [0.3, 0.4) is 0 Å². The van der Waals surface area contributed by atoms with E-state index in [4.69, 9.17) is 16.3 Å². The SMILES string of the molecule is CN(Cc1ccc(C2=NCCN2C(=O)OC(C)(C)C)cc1F)C(=O)C=CCN(C)S(=O)(=O)c1ccccc1Cl. The van der Waals surface area contributed by atoms with Crippen LogP contribution in [0.1, 0.15) is 31.9 Å². The summed E-state index contributed by atoms with van der Waals surface area (Å²) in [5.41, 5.74) is 0.0187. The fourth-order valence-corrected chi connectivity index (χ4v) is 5.30. The number of aliphatic imine (C=N–C) groups is 1. The third-order valence-electron chi connectivity index (χ3n) is 5.70. The van der Waals surface area contributed by atoms with Crippen LogP contribution in [0.15, 0.2) is 64.5 Å². The van der Waals surface area contributed by atoms with E-state index < -0.39 is 33.4 Å². The van der Waals surface area contributed by atoms with E-state index in [9.17, 15) is 22.4 Å². The normalized spacial score (nSPS) is 14.2. The third-order valence-corrected chi connectivity index (χ3v) is 8.02. The fourth-order valence-electron chi connectivity index (χ4n) is 3.69. The highest BCUT2D eigenvalue weighted by Gasteiger charge is 2.30. The monoisotopic (exact) mass is 578 g/mol. The molecule has 0 unspecified atom stereocenters. The molecule has 0 fully saturated rings. The van der Waals surface area contributed by atoms with Gasteiger partial charge in [0.15, 0.2) is 0 Å². The lowest BCUT2D eigenvalue weighted by Gasteiger charge is -2.25. The molecule has 1 aliphatic rings. The number of rotatable bonds is 8. The molecule has 2 aromatic rings. The Balaban J connectivity index is 1.62. The minimum absolute atomic E-state index is 0.0225. The van der Waals surface area contributed by atoms with Crippen LogP contribution < -0.4 is 0 Å². The van der Waals surface area contributed by atoms with Gasteiger partial charge in [0.05, 0.1) is 18.1 Å². The second kappa shape index (κ2) is 12.3. The van der Waals surface area contributed by atoms with Gasteiger partial charge < -0.3 is 9.64 Å². The van der Waals surface area contributed by atoms with Crippen molar-refractivity contribution < 1.29 is 27.1 Å². The van der Waals surface area contributed by atoms with Gasteiger partial charge in [0.1, 0.15) is 22.1 Å². The molecule has 0 saturated carbocycles. The maximum Gasteiger partial charge on any atom is 0.416 e. The van der Waals surface area contributed by atoms with Crippen LogP contribution in [0.4, 0.5) is 9.18 Å². The van der Waals surface area contributed by atoms with E-state index in [0.29, 0.717) is 24.5 Å². The smallest absolute Gasteiger partial charge is 0.416 e. The molecule has 0 spiro atoms. The van der Waals surface area contributed by atoms with Crippen LogP contribution in [0, 0.1) is 5.82 Å². The van der Waals surface area contributed by atoms with E-state index in [1.165, 1.54) is 60.3 Å². The van der Waals surface area contributed by atoms with Crippen LogP contribution >= 0.6 is 11.6 Å². The van der Waals surface area contributed by atoms with Crippen molar-refractivity contribution in [3.05, 3.63) is 76.6 Å². The van der Waals surface area contributed by atoms with Gasteiger partial charge in [0.25, 0.3) is 0 Å². The molecule has 0 saturated heterocycles. The van der Waals surface area contributed by atoms with Crippen molar-refractivity contribution in [2.45, 2.75) is 37.8 Å². The van der Waals surface area contributed by atoms with Gasteiger partial charge in [-0.05, 0) is 39.0 Å². The van der Waals surface area contributed by atoms with E-state index in [1.54, 1.807) is 39.0 Å². The van der Waals surface area contributed by atoms with E-state index in [-0.39, 0.29) is 28.6 Å². The van der Waals surface area contributed by atoms with Gasteiger partial charge in [-0.3, -0.25) is 14.7 Å². The van der Waals surface area contributed by atoms with Gasteiger partial charge in [0, 0.05) is 44.4 Å². The zero-order valence-electron chi connectivity index (χ0n) is 22.5. The van der Waals surface area contributed by atoms with Crippen molar-refractivity contribution in [1.82, 2.24) is 14.1 Å². The van der Waals surface area contributed by atoms with E-state index in [2.05, 4.69) is 4.99 Å². The van der Waals surface area contributed by atoms with Crippen molar-refractivity contribution in [2.75, 3.05) is 33.7 Å². The number of halogens is 2. The molecule has 2 amide bonds. The number of hydrogen-bond acceptors (Lipinski definition) is 6. The molecule has 3 rings (SSSR count). The second-order valence-corrected chi connectivity index (χ2v) is 12.4. The summed E-state index contributed by atoms with van der Waals surface area (Å²) in [7, 11) is -0.947. The second-order valence-electron chi connectivity index (χ2n) is 9.96. The molecule has 0 aromatic heterocycles. The van der Waals surface area contributed by atoms with Gasteiger partial charge in [0.2, 0.25) is 15.9 Å². The van der Waals surface area contributed by atoms with Crippen molar-refractivity contribution >= 4 is 39.5 Å². The maximum atomic E-state index is 15.0. The molecular weight excluding hydrogens is 547 g/mol. The van der Waals surface area contributed by atoms with Crippen LogP contribution in [-0.2, 0) is 26.1 Å². The van der Waals surface area contributed by atoms with Crippen molar-refractivity contribution in [2.24, 2.45) is 4.99 Å². The van der Waals surface area contributed by atoms with E-state index >= 15 is 0 Å². The number of benzene rings is 2.